The minimum Gasteiger partial charge on any atom is -0.355 e. The van der Waals surface area contributed by atoms with Gasteiger partial charge in [0, 0.05) is 58.9 Å². The molecule has 2 rings (SSSR count). The molecule has 1 fully saturated rings. The van der Waals surface area contributed by atoms with Crippen LogP contribution in [0.4, 0.5) is 0 Å². The van der Waals surface area contributed by atoms with E-state index in [9.17, 15) is 0 Å². The molecule has 1 N–H and O–H groups in total. The minimum atomic E-state index is 0. The molecule has 142 valence electrons. The van der Waals surface area contributed by atoms with Gasteiger partial charge < -0.3 is 15.1 Å². The van der Waals surface area contributed by atoms with Crippen LogP contribution < -0.4 is 5.32 Å². The van der Waals surface area contributed by atoms with Crippen LogP contribution in [0, 0.1) is 0 Å². The summed E-state index contributed by atoms with van der Waals surface area (Å²) in [5.41, 5.74) is 1.39. The molecule has 0 bridgehead atoms. The molecule has 0 radical (unpaired) electrons. The molecule has 1 heterocycles. The van der Waals surface area contributed by atoms with Crippen LogP contribution in [0.3, 0.4) is 0 Å². The molecule has 0 atom stereocenters. The van der Waals surface area contributed by atoms with Crippen molar-refractivity contribution >= 4 is 29.9 Å². The normalized spacial score (nSPS) is 16.2. The first kappa shape index (κ1) is 22.2. The fourth-order valence-electron chi connectivity index (χ4n) is 2.89. The predicted octanol–water partition coefficient (Wildman–Crippen LogP) is 2.34. The first-order chi connectivity index (χ1) is 11.6. The van der Waals surface area contributed by atoms with Gasteiger partial charge in [-0.05, 0) is 26.5 Å². The number of rotatable bonds is 6. The van der Waals surface area contributed by atoms with Gasteiger partial charge in [0.15, 0.2) is 5.96 Å². The highest BCUT2D eigenvalue weighted by molar-refractivity contribution is 14.0. The Morgan fingerprint density at radius 1 is 1.16 bits per heavy atom. The van der Waals surface area contributed by atoms with Crippen LogP contribution in [0.15, 0.2) is 35.3 Å². The van der Waals surface area contributed by atoms with Crippen LogP contribution in [0.2, 0.25) is 0 Å². The minimum absolute atomic E-state index is 0. The fourth-order valence-corrected chi connectivity index (χ4v) is 2.89. The molecular formula is C19H34IN5. The monoisotopic (exact) mass is 459 g/mol. The Balaban J connectivity index is 0.00000312. The van der Waals surface area contributed by atoms with Crippen LogP contribution >= 0.6 is 24.0 Å². The lowest BCUT2D eigenvalue weighted by Gasteiger charge is -2.36. The number of aliphatic imine (C=N–C) groups is 1. The molecule has 1 aromatic rings. The number of piperazine rings is 1. The maximum absolute atomic E-state index is 4.46. The lowest BCUT2D eigenvalue weighted by molar-refractivity contribution is 0.172. The maximum atomic E-state index is 4.46. The summed E-state index contributed by atoms with van der Waals surface area (Å²) in [7, 11) is 4.04. The van der Waals surface area contributed by atoms with Crippen molar-refractivity contribution in [3.8, 4) is 0 Å². The predicted molar refractivity (Wildman–Crippen MR) is 118 cm³/mol. The quantitative estimate of drug-likeness (QED) is 0.403. The van der Waals surface area contributed by atoms with Crippen molar-refractivity contribution in [2.75, 3.05) is 53.4 Å². The van der Waals surface area contributed by atoms with Gasteiger partial charge in [0.1, 0.15) is 0 Å². The molecular weight excluding hydrogens is 425 g/mol. The van der Waals surface area contributed by atoms with Gasteiger partial charge in [0.25, 0.3) is 0 Å². The van der Waals surface area contributed by atoms with Crippen molar-refractivity contribution in [1.82, 2.24) is 20.0 Å². The third kappa shape index (κ3) is 7.50. The molecule has 1 saturated heterocycles. The number of nitrogens with zero attached hydrogens (tertiary/aromatic N) is 4. The summed E-state index contributed by atoms with van der Waals surface area (Å²) in [6.45, 7) is 11.7. The molecule has 0 saturated carbocycles. The van der Waals surface area contributed by atoms with E-state index in [1.807, 2.05) is 7.05 Å². The summed E-state index contributed by atoms with van der Waals surface area (Å²) in [6, 6.07) is 11.3. The largest absolute Gasteiger partial charge is 0.355 e. The molecule has 0 aromatic heterocycles. The molecule has 0 spiro atoms. The van der Waals surface area contributed by atoms with Gasteiger partial charge in [-0.3, -0.25) is 9.89 Å². The first-order valence-corrected chi connectivity index (χ1v) is 9.02. The second kappa shape index (κ2) is 11.7. The molecule has 25 heavy (non-hydrogen) atoms. The number of likely N-dealkylation sites (N-methyl/N-ethyl adjacent to an activating group) is 1. The topological polar surface area (TPSA) is 34.1 Å². The van der Waals surface area contributed by atoms with Crippen molar-refractivity contribution < 1.29 is 0 Å². The highest BCUT2D eigenvalue weighted by atomic mass is 127. The van der Waals surface area contributed by atoms with Crippen molar-refractivity contribution in [3.63, 3.8) is 0 Å². The summed E-state index contributed by atoms with van der Waals surface area (Å²) in [5, 5.41) is 3.51. The Kier molecular flexibility index (Phi) is 10.4. The van der Waals surface area contributed by atoms with E-state index in [-0.39, 0.29) is 24.0 Å². The maximum Gasteiger partial charge on any atom is 0.193 e. The number of guanidine groups is 1. The third-order valence-corrected chi connectivity index (χ3v) is 4.76. The molecule has 1 aliphatic rings. The smallest absolute Gasteiger partial charge is 0.193 e. The van der Waals surface area contributed by atoms with E-state index >= 15 is 0 Å². The van der Waals surface area contributed by atoms with E-state index in [2.05, 4.69) is 76.2 Å². The van der Waals surface area contributed by atoms with Crippen LogP contribution in [0.1, 0.15) is 19.4 Å². The van der Waals surface area contributed by atoms with Gasteiger partial charge >= 0.3 is 0 Å². The van der Waals surface area contributed by atoms with Crippen molar-refractivity contribution in [1.29, 1.82) is 0 Å². The van der Waals surface area contributed by atoms with Crippen LogP contribution in [0.25, 0.3) is 0 Å². The summed E-state index contributed by atoms with van der Waals surface area (Å²) in [4.78, 5) is 11.7. The third-order valence-electron chi connectivity index (χ3n) is 4.76. The highest BCUT2D eigenvalue weighted by Crippen LogP contribution is 2.08. The SMILES string of the molecule is CN=C(NCCN(C)C(C)C)N1CCN(Cc2ccccc2)CC1.I. The van der Waals surface area contributed by atoms with Gasteiger partial charge in [-0.1, -0.05) is 30.3 Å². The second-order valence-electron chi connectivity index (χ2n) is 6.80. The zero-order valence-corrected chi connectivity index (χ0v) is 18.4. The van der Waals surface area contributed by atoms with Gasteiger partial charge in [0.05, 0.1) is 0 Å². The number of hydrogen-bond donors (Lipinski definition) is 1. The molecule has 0 aliphatic carbocycles. The number of benzene rings is 1. The van der Waals surface area contributed by atoms with E-state index < -0.39 is 0 Å². The zero-order chi connectivity index (χ0) is 17.4. The van der Waals surface area contributed by atoms with E-state index in [0.717, 1.165) is 51.8 Å². The second-order valence-corrected chi connectivity index (χ2v) is 6.80. The van der Waals surface area contributed by atoms with Crippen molar-refractivity contribution in [2.24, 2.45) is 4.99 Å². The zero-order valence-electron chi connectivity index (χ0n) is 16.1. The number of halogens is 1. The Bertz CT molecular complexity index is 498. The molecule has 6 heteroatoms. The average Bonchev–Trinajstić information content (AvgIpc) is 2.60. The number of nitrogens with one attached hydrogen (secondary N) is 1. The Labute approximate surface area is 170 Å². The average molecular weight is 459 g/mol. The van der Waals surface area contributed by atoms with Crippen molar-refractivity contribution in [2.45, 2.75) is 26.4 Å². The lowest BCUT2D eigenvalue weighted by Crippen LogP contribution is -2.53. The summed E-state index contributed by atoms with van der Waals surface area (Å²) in [6.07, 6.45) is 0. The Morgan fingerprint density at radius 3 is 2.36 bits per heavy atom. The fraction of sp³-hybridized carbons (Fsp3) is 0.632. The molecule has 0 unspecified atom stereocenters. The standard InChI is InChI=1S/C19H33N5.HI/c1-17(2)22(4)11-10-21-19(20-3)24-14-12-23(13-15-24)16-18-8-6-5-7-9-18;/h5-9,17H,10-16H2,1-4H3,(H,20,21);1H. The van der Waals surface area contributed by atoms with E-state index in [0.29, 0.717) is 6.04 Å². The van der Waals surface area contributed by atoms with E-state index in [1.165, 1.54) is 5.56 Å². The van der Waals surface area contributed by atoms with Gasteiger partial charge in [-0.15, -0.1) is 24.0 Å². The lowest BCUT2D eigenvalue weighted by atomic mass is 10.2. The highest BCUT2D eigenvalue weighted by Gasteiger charge is 2.19. The van der Waals surface area contributed by atoms with Gasteiger partial charge in [-0.25, -0.2) is 0 Å². The summed E-state index contributed by atoms with van der Waals surface area (Å²) in [5.74, 6) is 1.03. The number of hydrogen-bond acceptors (Lipinski definition) is 3. The van der Waals surface area contributed by atoms with Crippen LogP contribution in [0.5, 0.6) is 0 Å². The van der Waals surface area contributed by atoms with Crippen molar-refractivity contribution in [3.05, 3.63) is 35.9 Å². The van der Waals surface area contributed by atoms with Crippen LogP contribution in [-0.2, 0) is 6.54 Å². The van der Waals surface area contributed by atoms with E-state index in [1.54, 1.807) is 0 Å². The molecule has 5 nitrogen and oxygen atoms in total. The molecule has 0 amide bonds. The summed E-state index contributed by atoms with van der Waals surface area (Å²) < 4.78 is 0. The molecule has 1 aromatic carbocycles. The van der Waals surface area contributed by atoms with Gasteiger partial charge in [-0.2, -0.15) is 0 Å². The molecule has 1 aliphatic heterocycles. The van der Waals surface area contributed by atoms with E-state index in [4.69, 9.17) is 0 Å². The Hall–Kier alpha value is -0.860. The summed E-state index contributed by atoms with van der Waals surface area (Å²) >= 11 is 0. The van der Waals surface area contributed by atoms with Crippen LogP contribution in [-0.4, -0.2) is 80.1 Å². The van der Waals surface area contributed by atoms with Gasteiger partial charge in [0.2, 0.25) is 0 Å². The Morgan fingerprint density at radius 2 is 1.80 bits per heavy atom. The first-order valence-electron chi connectivity index (χ1n) is 9.02.